The number of aromatic nitrogens is 2. The normalized spacial score (nSPS) is 12.7. The van der Waals surface area contributed by atoms with Crippen LogP contribution in [0.1, 0.15) is 18.5 Å². The Morgan fingerprint density at radius 1 is 1.38 bits per heavy atom. The summed E-state index contributed by atoms with van der Waals surface area (Å²) in [6.07, 6.45) is 1.65. The summed E-state index contributed by atoms with van der Waals surface area (Å²) >= 11 is 3.30. The zero-order valence-electron chi connectivity index (χ0n) is 8.69. The van der Waals surface area contributed by atoms with E-state index in [4.69, 9.17) is 5.73 Å². The smallest absolute Gasteiger partial charge is 0.136 e. The summed E-state index contributed by atoms with van der Waals surface area (Å²) in [5.41, 5.74) is 6.81. The number of nitrogens with two attached hydrogens (primary N) is 1. The van der Waals surface area contributed by atoms with Crippen LogP contribution >= 0.6 is 15.9 Å². The Kier molecular flexibility index (Phi) is 2.96. The van der Waals surface area contributed by atoms with Crippen molar-refractivity contribution < 1.29 is 4.39 Å². The molecule has 0 fully saturated rings. The molecule has 84 valence electrons. The minimum Gasteiger partial charge on any atom is -0.383 e. The number of hydrogen-bond acceptors (Lipinski definition) is 2. The molecule has 2 rings (SSSR count). The Hall–Kier alpha value is -1.36. The number of hydrogen-bond donors (Lipinski definition) is 1. The molecule has 1 heterocycles. The highest BCUT2D eigenvalue weighted by Gasteiger charge is 2.13. The highest BCUT2D eigenvalue weighted by atomic mass is 79.9. The number of nitrogen functional groups attached to an aromatic ring is 1. The second-order valence-electron chi connectivity index (χ2n) is 3.55. The van der Waals surface area contributed by atoms with E-state index in [0.717, 1.165) is 10.0 Å². The average molecular weight is 284 g/mol. The van der Waals surface area contributed by atoms with E-state index in [-0.39, 0.29) is 11.9 Å². The maximum absolute atomic E-state index is 12.8. The van der Waals surface area contributed by atoms with Crippen molar-refractivity contribution in [1.82, 2.24) is 9.78 Å². The van der Waals surface area contributed by atoms with Crippen molar-refractivity contribution in [2.45, 2.75) is 13.0 Å². The van der Waals surface area contributed by atoms with Crippen LogP contribution < -0.4 is 5.73 Å². The molecule has 0 aliphatic heterocycles. The maximum Gasteiger partial charge on any atom is 0.136 e. The maximum atomic E-state index is 12.8. The number of rotatable bonds is 2. The first-order valence-corrected chi connectivity index (χ1v) is 5.63. The predicted octanol–water partition coefficient (Wildman–Crippen LogP) is 2.98. The molecule has 0 radical (unpaired) electrons. The molecule has 0 bridgehead atoms. The second-order valence-corrected chi connectivity index (χ2v) is 4.40. The molecule has 1 aromatic heterocycles. The molecular formula is C11H11BrFN3. The lowest BCUT2D eigenvalue weighted by molar-refractivity contribution is 0.569. The Balaban J connectivity index is 2.35. The minimum atomic E-state index is -0.245. The summed E-state index contributed by atoms with van der Waals surface area (Å²) in [6.45, 7) is 1.96. The van der Waals surface area contributed by atoms with Gasteiger partial charge in [0.2, 0.25) is 0 Å². The van der Waals surface area contributed by atoms with Crippen LogP contribution in [-0.4, -0.2) is 9.78 Å². The molecule has 2 aromatic rings. The van der Waals surface area contributed by atoms with Crippen molar-refractivity contribution in [2.75, 3.05) is 5.73 Å². The molecule has 1 aromatic carbocycles. The van der Waals surface area contributed by atoms with Crippen LogP contribution in [0.4, 0.5) is 10.2 Å². The van der Waals surface area contributed by atoms with E-state index < -0.39 is 0 Å². The van der Waals surface area contributed by atoms with Gasteiger partial charge in [-0.1, -0.05) is 12.1 Å². The summed E-state index contributed by atoms with van der Waals surface area (Å²) in [6, 6.07) is 6.30. The molecule has 0 amide bonds. The predicted molar refractivity (Wildman–Crippen MR) is 64.6 cm³/mol. The van der Waals surface area contributed by atoms with E-state index in [9.17, 15) is 4.39 Å². The molecular weight excluding hydrogens is 273 g/mol. The Labute approximate surface area is 101 Å². The molecule has 1 atom stereocenters. The van der Waals surface area contributed by atoms with Crippen molar-refractivity contribution in [1.29, 1.82) is 0 Å². The van der Waals surface area contributed by atoms with Gasteiger partial charge in [-0.25, -0.2) is 9.07 Å². The van der Waals surface area contributed by atoms with Gasteiger partial charge in [-0.05, 0) is 40.5 Å². The van der Waals surface area contributed by atoms with E-state index in [1.165, 1.54) is 12.1 Å². The number of nitrogens with zero attached hydrogens (tertiary/aromatic N) is 2. The first-order chi connectivity index (χ1) is 7.59. The van der Waals surface area contributed by atoms with Gasteiger partial charge in [-0.3, -0.25) is 0 Å². The number of halogens is 2. The topological polar surface area (TPSA) is 43.8 Å². The SMILES string of the molecule is CC(c1ccc(F)cc1)n1ncc(Br)c1N. The third kappa shape index (κ3) is 1.95. The van der Waals surface area contributed by atoms with Gasteiger partial charge >= 0.3 is 0 Å². The third-order valence-electron chi connectivity index (χ3n) is 2.51. The molecule has 1 unspecified atom stereocenters. The molecule has 16 heavy (non-hydrogen) atoms. The largest absolute Gasteiger partial charge is 0.383 e. The van der Waals surface area contributed by atoms with Crippen LogP contribution in [0.15, 0.2) is 34.9 Å². The van der Waals surface area contributed by atoms with E-state index >= 15 is 0 Å². The lowest BCUT2D eigenvalue weighted by Gasteiger charge is -2.14. The van der Waals surface area contributed by atoms with Crippen LogP contribution in [-0.2, 0) is 0 Å². The summed E-state index contributed by atoms with van der Waals surface area (Å²) in [7, 11) is 0. The van der Waals surface area contributed by atoms with E-state index in [1.807, 2.05) is 6.92 Å². The molecule has 3 nitrogen and oxygen atoms in total. The van der Waals surface area contributed by atoms with E-state index in [0.29, 0.717) is 5.82 Å². The summed E-state index contributed by atoms with van der Waals surface area (Å²) in [4.78, 5) is 0. The molecule has 0 aliphatic carbocycles. The molecule has 0 spiro atoms. The van der Waals surface area contributed by atoms with Crippen molar-refractivity contribution >= 4 is 21.7 Å². The Morgan fingerprint density at radius 3 is 2.50 bits per heavy atom. The number of benzene rings is 1. The van der Waals surface area contributed by atoms with Gasteiger partial charge < -0.3 is 5.73 Å². The summed E-state index contributed by atoms with van der Waals surface area (Å²) in [5.74, 6) is 0.322. The highest BCUT2D eigenvalue weighted by Crippen LogP contribution is 2.25. The Bertz CT molecular complexity index is 492. The Morgan fingerprint density at radius 2 is 2.00 bits per heavy atom. The van der Waals surface area contributed by atoms with Crippen LogP contribution in [0.25, 0.3) is 0 Å². The third-order valence-corrected chi connectivity index (χ3v) is 3.12. The van der Waals surface area contributed by atoms with Gasteiger partial charge in [0.25, 0.3) is 0 Å². The fourth-order valence-corrected chi connectivity index (χ4v) is 1.82. The summed E-state index contributed by atoms with van der Waals surface area (Å²) < 4.78 is 15.2. The average Bonchev–Trinajstić information content (AvgIpc) is 2.60. The lowest BCUT2D eigenvalue weighted by Crippen LogP contribution is -2.11. The van der Waals surface area contributed by atoms with Crippen molar-refractivity contribution in [3.05, 3.63) is 46.3 Å². The van der Waals surface area contributed by atoms with Gasteiger partial charge in [0.15, 0.2) is 0 Å². The van der Waals surface area contributed by atoms with Crippen molar-refractivity contribution in [2.24, 2.45) is 0 Å². The second kappa shape index (κ2) is 4.25. The fraction of sp³-hybridized carbons (Fsp3) is 0.182. The zero-order chi connectivity index (χ0) is 11.7. The standard InChI is InChI=1S/C11H11BrFN3/c1-7(8-2-4-9(13)5-3-8)16-11(14)10(12)6-15-16/h2-7H,14H2,1H3. The number of anilines is 1. The quantitative estimate of drug-likeness (QED) is 0.921. The minimum absolute atomic E-state index is 0.0214. The molecule has 0 saturated heterocycles. The van der Waals surface area contributed by atoms with Crippen LogP contribution in [0.3, 0.4) is 0 Å². The van der Waals surface area contributed by atoms with E-state index in [1.54, 1.807) is 23.0 Å². The van der Waals surface area contributed by atoms with Crippen molar-refractivity contribution in [3.8, 4) is 0 Å². The van der Waals surface area contributed by atoms with Gasteiger partial charge in [-0.2, -0.15) is 5.10 Å². The summed E-state index contributed by atoms with van der Waals surface area (Å²) in [5, 5.41) is 4.17. The van der Waals surface area contributed by atoms with Crippen molar-refractivity contribution in [3.63, 3.8) is 0 Å². The molecule has 2 N–H and O–H groups in total. The van der Waals surface area contributed by atoms with Crippen LogP contribution in [0.2, 0.25) is 0 Å². The molecule has 5 heteroatoms. The monoisotopic (exact) mass is 283 g/mol. The highest BCUT2D eigenvalue weighted by molar-refractivity contribution is 9.10. The van der Waals surface area contributed by atoms with E-state index in [2.05, 4.69) is 21.0 Å². The van der Waals surface area contributed by atoms with Crippen LogP contribution in [0.5, 0.6) is 0 Å². The van der Waals surface area contributed by atoms with Gasteiger partial charge in [0, 0.05) is 0 Å². The first-order valence-electron chi connectivity index (χ1n) is 4.83. The van der Waals surface area contributed by atoms with Gasteiger partial charge in [0.1, 0.15) is 11.6 Å². The zero-order valence-corrected chi connectivity index (χ0v) is 10.3. The molecule has 0 aliphatic rings. The molecule has 0 saturated carbocycles. The fourth-order valence-electron chi connectivity index (χ4n) is 1.54. The first kappa shape index (κ1) is 11.1. The lowest BCUT2D eigenvalue weighted by atomic mass is 10.1. The van der Waals surface area contributed by atoms with Gasteiger partial charge in [-0.15, -0.1) is 0 Å². The van der Waals surface area contributed by atoms with Gasteiger partial charge in [0.05, 0.1) is 16.7 Å². The van der Waals surface area contributed by atoms with Crippen LogP contribution in [0, 0.1) is 5.82 Å².